The summed E-state index contributed by atoms with van der Waals surface area (Å²) in [4.78, 5) is 24.5. The molecule has 0 aromatic heterocycles. The van der Waals surface area contributed by atoms with Gasteiger partial charge < -0.3 is 20.3 Å². The van der Waals surface area contributed by atoms with Gasteiger partial charge in [-0.1, -0.05) is 289 Å². The number of carbonyl (C=O) groups excluding carboxylic acids is 2. The van der Waals surface area contributed by atoms with Crippen LogP contribution < -0.4 is 5.32 Å². The van der Waals surface area contributed by atoms with Crippen molar-refractivity contribution in [3.8, 4) is 0 Å². The number of rotatable bonds is 55. The smallest absolute Gasteiger partial charge is 0.305 e. The zero-order valence-corrected chi connectivity index (χ0v) is 44.4. The van der Waals surface area contributed by atoms with E-state index in [4.69, 9.17) is 4.74 Å². The number of allylic oxidation sites excluding steroid dienone is 4. The number of nitrogens with one attached hydrogen (secondary N) is 1. The van der Waals surface area contributed by atoms with Crippen LogP contribution in [0, 0.1) is 0 Å². The van der Waals surface area contributed by atoms with Gasteiger partial charge in [0.05, 0.1) is 25.4 Å². The van der Waals surface area contributed by atoms with E-state index in [0.29, 0.717) is 32.3 Å². The summed E-state index contributed by atoms with van der Waals surface area (Å²) >= 11 is 0. The van der Waals surface area contributed by atoms with Crippen LogP contribution in [-0.2, 0) is 14.3 Å². The summed E-state index contributed by atoms with van der Waals surface area (Å²) in [6.07, 6.45) is 67.6. The molecule has 3 N–H and O–H groups in total. The van der Waals surface area contributed by atoms with Crippen LogP contribution in [0.15, 0.2) is 24.3 Å². The summed E-state index contributed by atoms with van der Waals surface area (Å²) < 4.78 is 5.48. The van der Waals surface area contributed by atoms with Gasteiger partial charge in [0.25, 0.3) is 0 Å². The summed E-state index contributed by atoms with van der Waals surface area (Å²) in [5.74, 6) is -0.125. The van der Waals surface area contributed by atoms with E-state index in [1.54, 1.807) is 0 Å². The molecule has 0 heterocycles. The van der Waals surface area contributed by atoms with Gasteiger partial charge in [0.15, 0.2) is 0 Å². The first kappa shape index (κ1) is 64.3. The van der Waals surface area contributed by atoms with Crippen LogP contribution in [0.4, 0.5) is 0 Å². The molecule has 0 rings (SSSR count). The molecule has 0 radical (unpaired) electrons. The predicted octanol–water partition coefficient (Wildman–Crippen LogP) is 18.2. The van der Waals surface area contributed by atoms with Crippen molar-refractivity contribution in [1.29, 1.82) is 0 Å². The summed E-state index contributed by atoms with van der Waals surface area (Å²) in [5.41, 5.74) is 0. The minimum absolute atomic E-state index is 0.0117. The third-order valence-corrected chi connectivity index (χ3v) is 13.8. The Morgan fingerprint density at radius 1 is 0.424 bits per heavy atom. The Bertz CT molecular complexity index is 1030. The molecule has 0 aromatic rings. The summed E-state index contributed by atoms with van der Waals surface area (Å²) in [6.45, 7) is 4.91. The molecule has 66 heavy (non-hydrogen) atoms. The molecule has 0 aromatic carbocycles. The van der Waals surface area contributed by atoms with Crippen molar-refractivity contribution in [2.75, 3.05) is 13.2 Å². The molecule has 0 aliphatic carbocycles. The quantitative estimate of drug-likeness (QED) is 0.0321. The van der Waals surface area contributed by atoms with Crippen molar-refractivity contribution in [2.24, 2.45) is 0 Å². The van der Waals surface area contributed by atoms with E-state index in [1.807, 2.05) is 6.08 Å². The Balaban J connectivity index is 3.50. The highest BCUT2D eigenvalue weighted by Crippen LogP contribution is 2.17. The van der Waals surface area contributed by atoms with Gasteiger partial charge in [-0.3, -0.25) is 9.59 Å². The first-order valence-corrected chi connectivity index (χ1v) is 29.6. The maximum atomic E-state index is 12.4. The van der Waals surface area contributed by atoms with E-state index in [9.17, 15) is 19.8 Å². The van der Waals surface area contributed by atoms with E-state index >= 15 is 0 Å². The molecule has 2 atom stereocenters. The molecule has 2 unspecified atom stereocenters. The molecule has 0 aliphatic rings. The molecule has 1 amide bonds. The average molecular weight is 931 g/mol. The first-order chi connectivity index (χ1) is 32.5. The van der Waals surface area contributed by atoms with Crippen LogP contribution in [0.2, 0.25) is 0 Å². The fourth-order valence-electron chi connectivity index (χ4n) is 9.22. The molecule has 6 heteroatoms. The lowest BCUT2D eigenvalue weighted by Gasteiger charge is -2.22. The number of aliphatic hydroxyl groups is 2. The van der Waals surface area contributed by atoms with E-state index < -0.39 is 12.1 Å². The van der Waals surface area contributed by atoms with Crippen molar-refractivity contribution in [1.82, 2.24) is 5.32 Å². The molecular formula is C60H115NO5. The largest absolute Gasteiger partial charge is 0.466 e. The number of hydrogen-bond acceptors (Lipinski definition) is 5. The molecule has 0 bridgehead atoms. The Hall–Kier alpha value is -1.66. The number of esters is 1. The van der Waals surface area contributed by atoms with E-state index in [-0.39, 0.29) is 18.5 Å². The van der Waals surface area contributed by atoms with Crippen molar-refractivity contribution in [3.63, 3.8) is 0 Å². The van der Waals surface area contributed by atoms with E-state index in [2.05, 4.69) is 37.4 Å². The monoisotopic (exact) mass is 930 g/mol. The maximum absolute atomic E-state index is 12.4. The highest BCUT2D eigenvalue weighted by Gasteiger charge is 2.19. The third-order valence-electron chi connectivity index (χ3n) is 13.8. The second-order valence-electron chi connectivity index (χ2n) is 20.3. The van der Waals surface area contributed by atoms with Crippen LogP contribution in [0.5, 0.6) is 0 Å². The molecule has 390 valence electrons. The number of hydrogen-bond donors (Lipinski definition) is 3. The Morgan fingerprint density at radius 3 is 1.18 bits per heavy atom. The molecule has 0 fully saturated rings. The zero-order valence-electron chi connectivity index (χ0n) is 44.4. The summed E-state index contributed by atoms with van der Waals surface area (Å²) in [5, 5.41) is 23.2. The van der Waals surface area contributed by atoms with Crippen molar-refractivity contribution < 1.29 is 24.5 Å². The minimum atomic E-state index is -0.699. The highest BCUT2D eigenvalue weighted by atomic mass is 16.5. The van der Waals surface area contributed by atoms with Gasteiger partial charge in [0.2, 0.25) is 5.91 Å². The molecule has 6 nitrogen and oxygen atoms in total. The Morgan fingerprint density at radius 2 is 0.773 bits per heavy atom. The lowest BCUT2D eigenvalue weighted by Crippen LogP contribution is -2.45. The number of aliphatic hydroxyl groups excluding tert-OH is 2. The normalized spacial score (nSPS) is 12.7. The molecule has 0 aliphatic heterocycles. The summed E-state index contributed by atoms with van der Waals surface area (Å²) in [7, 11) is 0. The lowest BCUT2D eigenvalue weighted by atomic mass is 10.0. The highest BCUT2D eigenvalue weighted by molar-refractivity contribution is 5.76. The van der Waals surface area contributed by atoms with Crippen molar-refractivity contribution in [3.05, 3.63) is 24.3 Å². The second kappa shape index (κ2) is 55.9. The number of unbranched alkanes of at least 4 members (excludes halogenated alkanes) is 40. The number of amides is 1. The van der Waals surface area contributed by atoms with Crippen molar-refractivity contribution in [2.45, 2.75) is 334 Å². The minimum Gasteiger partial charge on any atom is -0.466 e. The van der Waals surface area contributed by atoms with Crippen LogP contribution in [0.1, 0.15) is 322 Å². The zero-order chi connectivity index (χ0) is 47.9. The fraction of sp³-hybridized carbons (Fsp3) is 0.900. The average Bonchev–Trinajstić information content (AvgIpc) is 3.32. The molecule has 0 spiro atoms. The van der Waals surface area contributed by atoms with Gasteiger partial charge in [-0.15, -0.1) is 0 Å². The van der Waals surface area contributed by atoms with Gasteiger partial charge in [0.1, 0.15) is 0 Å². The van der Waals surface area contributed by atoms with Crippen LogP contribution >= 0.6 is 0 Å². The molecule has 0 saturated carbocycles. The fourth-order valence-corrected chi connectivity index (χ4v) is 9.22. The SMILES string of the molecule is CCCCCCCCCCCCCCCCCCCCCC(=O)OCCCCCCCC/C=C\C/C=C\CCC(=O)NC(CO)C(O)CCCCCCCCCCCCCCCCCCC. The standard InChI is InChI=1S/C60H115NO5/c1-3-5-7-9-11-13-15-17-19-21-22-24-26-30-34-38-42-46-50-54-60(65)66-55-51-47-43-39-35-31-27-29-33-37-41-45-49-53-59(64)61-57(56-62)58(63)52-48-44-40-36-32-28-25-23-20-18-16-14-12-10-8-6-4-2/h29,33,41,45,57-58,62-63H,3-28,30-32,34-40,42-44,46-56H2,1-2H3,(H,61,64)/b33-29-,45-41-. The van der Waals surface area contributed by atoms with Gasteiger partial charge in [-0.05, 0) is 44.9 Å². The summed E-state index contributed by atoms with van der Waals surface area (Å²) in [6, 6.07) is -0.585. The van der Waals surface area contributed by atoms with E-state index in [0.717, 1.165) is 51.4 Å². The lowest BCUT2D eigenvalue weighted by molar-refractivity contribution is -0.143. The van der Waals surface area contributed by atoms with Gasteiger partial charge in [-0.25, -0.2) is 0 Å². The molecule has 0 saturated heterocycles. The maximum Gasteiger partial charge on any atom is 0.305 e. The van der Waals surface area contributed by atoms with Crippen LogP contribution in [0.25, 0.3) is 0 Å². The van der Waals surface area contributed by atoms with Crippen LogP contribution in [-0.4, -0.2) is 47.4 Å². The Labute approximate surface area is 411 Å². The molecular weight excluding hydrogens is 815 g/mol. The number of carbonyl (C=O) groups is 2. The van der Waals surface area contributed by atoms with Crippen LogP contribution in [0.3, 0.4) is 0 Å². The third kappa shape index (κ3) is 51.7. The van der Waals surface area contributed by atoms with Gasteiger partial charge >= 0.3 is 5.97 Å². The second-order valence-corrected chi connectivity index (χ2v) is 20.3. The van der Waals surface area contributed by atoms with E-state index in [1.165, 1.54) is 231 Å². The van der Waals surface area contributed by atoms with Crippen molar-refractivity contribution >= 4 is 11.9 Å². The predicted molar refractivity (Wildman–Crippen MR) is 287 cm³/mol. The van der Waals surface area contributed by atoms with Gasteiger partial charge in [0, 0.05) is 12.8 Å². The van der Waals surface area contributed by atoms with Gasteiger partial charge in [-0.2, -0.15) is 0 Å². The number of ether oxygens (including phenoxy) is 1. The Kier molecular flexibility index (Phi) is 54.5. The first-order valence-electron chi connectivity index (χ1n) is 29.6. The topological polar surface area (TPSA) is 95.9 Å².